The van der Waals surface area contributed by atoms with Crippen LogP contribution in [-0.2, 0) is 10.0 Å². The van der Waals surface area contributed by atoms with Gasteiger partial charge in [0.1, 0.15) is 0 Å². The maximum atomic E-state index is 12.4. The lowest BCUT2D eigenvalue weighted by Crippen LogP contribution is -2.38. The van der Waals surface area contributed by atoms with Crippen molar-refractivity contribution in [2.75, 3.05) is 0 Å². The fourth-order valence-electron chi connectivity index (χ4n) is 2.43. The van der Waals surface area contributed by atoms with Crippen molar-refractivity contribution in [2.45, 2.75) is 43.5 Å². The molecule has 0 aliphatic heterocycles. The largest absolute Gasteiger partial charge is 0.241 e. The summed E-state index contributed by atoms with van der Waals surface area (Å²) in [5, 5.41) is 0. The van der Waals surface area contributed by atoms with E-state index in [1.54, 1.807) is 6.07 Å². The zero-order valence-electron chi connectivity index (χ0n) is 10.1. The van der Waals surface area contributed by atoms with Crippen LogP contribution >= 0.6 is 27.3 Å². The Balaban J connectivity index is 1.83. The number of aryl methyl sites for hydroxylation is 1. The standard InChI is InChI=1S/C12H16BrNO2S2/c1-7-10(6-11(13)17-7)18(15,16)14-12(8-2-3-8)9-4-5-9/h6,8-9,12,14H,2-5H2,1H3. The summed E-state index contributed by atoms with van der Waals surface area (Å²) in [4.78, 5) is 1.28. The van der Waals surface area contributed by atoms with Crippen LogP contribution < -0.4 is 4.72 Å². The van der Waals surface area contributed by atoms with E-state index in [2.05, 4.69) is 20.7 Å². The summed E-state index contributed by atoms with van der Waals surface area (Å²) in [6.07, 6.45) is 4.71. The summed E-state index contributed by atoms with van der Waals surface area (Å²) in [5.41, 5.74) is 0. The molecule has 0 amide bonds. The topological polar surface area (TPSA) is 46.2 Å². The first-order valence-corrected chi connectivity index (χ1v) is 9.35. The third-order valence-corrected chi connectivity index (χ3v) is 6.95. The molecular formula is C12H16BrNO2S2. The van der Waals surface area contributed by atoms with Crippen LogP contribution in [0.2, 0.25) is 0 Å². The van der Waals surface area contributed by atoms with Crippen LogP contribution in [0.1, 0.15) is 30.6 Å². The van der Waals surface area contributed by atoms with Gasteiger partial charge < -0.3 is 0 Å². The SMILES string of the molecule is Cc1sc(Br)cc1S(=O)(=O)NC(C1CC1)C1CC1. The van der Waals surface area contributed by atoms with Crippen LogP contribution in [0.4, 0.5) is 0 Å². The molecule has 6 heteroatoms. The normalized spacial score (nSPS) is 20.6. The Labute approximate surface area is 120 Å². The van der Waals surface area contributed by atoms with Crippen molar-refractivity contribution < 1.29 is 8.42 Å². The molecule has 100 valence electrons. The Kier molecular flexibility index (Phi) is 3.33. The predicted octanol–water partition coefficient (Wildman–Crippen LogP) is 3.29. The van der Waals surface area contributed by atoms with E-state index in [4.69, 9.17) is 0 Å². The highest BCUT2D eigenvalue weighted by atomic mass is 79.9. The molecule has 0 unspecified atom stereocenters. The fraction of sp³-hybridized carbons (Fsp3) is 0.667. The molecule has 0 bridgehead atoms. The van der Waals surface area contributed by atoms with E-state index >= 15 is 0 Å². The first kappa shape index (κ1) is 13.1. The third-order valence-electron chi connectivity index (χ3n) is 3.68. The molecule has 18 heavy (non-hydrogen) atoms. The first-order chi connectivity index (χ1) is 8.47. The van der Waals surface area contributed by atoms with Crippen molar-refractivity contribution in [3.05, 3.63) is 14.7 Å². The molecule has 0 saturated heterocycles. The Morgan fingerprint density at radius 2 is 1.89 bits per heavy atom. The van der Waals surface area contributed by atoms with Crippen LogP contribution in [0.3, 0.4) is 0 Å². The number of sulfonamides is 1. The van der Waals surface area contributed by atoms with E-state index in [1.165, 1.54) is 37.0 Å². The Bertz CT molecular complexity index is 547. The number of halogens is 1. The van der Waals surface area contributed by atoms with Crippen LogP contribution in [-0.4, -0.2) is 14.5 Å². The fourth-order valence-corrected chi connectivity index (χ4v) is 6.22. The second kappa shape index (κ2) is 4.58. The van der Waals surface area contributed by atoms with Gasteiger partial charge in [0.05, 0.1) is 8.68 Å². The maximum absolute atomic E-state index is 12.4. The van der Waals surface area contributed by atoms with Gasteiger partial charge >= 0.3 is 0 Å². The Morgan fingerprint density at radius 1 is 1.33 bits per heavy atom. The second-order valence-corrected chi connectivity index (χ2v) is 9.61. The van der Waals surface area contributed by atoms with Crippen LogP contribution in [0, 0.1) is 18.8 Å². The predicted molar refractivity (Wildman–Crippen MR) is 76.3 cm³/mol. The summed E-state index contributed by atoms with van der Waals surface area (Å²) in [6.45, 7) is 1.85. The van der Waals surface area contributed by atoms with Gasteiger partial charge in [-0.3, -0.25) is 0 Å². The number of hydrogen-bond acceptors (Lipinski definition) is 3. The summed E-state index contributed by atoms with van der Waals surface area (Å²) in [6, 6.07) is 1.88. The zero-order valence-corrected chi connectivity index (χ0v) is 13.4. The van der Waals surface area contributed by atoms with Gasteiger partial charge in [0.2, 0.25) is 10.0 Å². The molecule has 1 aromatic heterocycles. The number of nitrogens with one attached hydrogen (secondary N) is 1. The molecule has 1 aromatic rings. The highest BCUT2D eigenvalue weighted by Gasteiger charge is 2.43. The molecule has 0 spiro atoms. The minimum absolute atomic E-state index is 0.174. The van der Waals surface area contributed by atoms with Gasteiger partial charge in [-0.1, -0.05) is 0 Å². The van der Waals surface area contributed by atoms with E-state index in [9.17, 15) is 8.42 Å². The van der Waals surface area contributed by atoms with Crippen LogP contribution in [0.5, 0.6) is 0 Å². The van der Waals surface area contributed by atoms with Gasteiger partial charge in [-0.25, -0.2) is 13.1 Å². The lowest BCUT2D eigenvalue weighted by Gasteiger charge is -2.17. The van der Waals surface area contributed by atoms with Crippen molar-refractivity contribution in [1.82, 2.24) is 4.72 Å². The molecule has 3 rings (SSSR count). The molecule has 1 N–H and O–H groups in total. The first-order valence-electron chi connectivity index (χ1n) is 6.25. The van der Waals surface area contributed by atoms with Gasteiger partial charge in [0.15, 0.2) is 0 Å². The van der Waals surface area contributed by atoms with Gasteiger partial charge in [-0.2, -0.15) is 0 Å². The summed E-state index contributed by atoms with van der Waals surface area (Å²) in [7, 11) is -3.35. The molecule has 2 aliphatic carbocycles. The van der Waals surface area contributed by atoms with Crippen LogP contribution in [0.15, 0.2) is 14.7 Å². The smallest absolute Gasteiger partial charge is 0.207 e. The van der Waals surface area contributed by atoms with Crippen molar-refractivity contribution in [2.24, 2.45) is 11.8 Å². The highest BCUT2D eigenvalue weighted by Crippen LogP contribution is 2.45. The minimum Gasteiger partial charge on any atom is -0.207 e. The molecule has 2 saturated carbocycles. The van der Waals surface area contributed by atoms with Crippen molar-refractivity contribution in [3.8, 4) is 0 Å². The molecule has 3 nitrogen and oxygen atoms in total. The van der Waals surface area contributed by atoms with E-state index in [0.29, 0.717) is 16.7 Å². The van der Waals surface area contributed by atoms with E-state index in [1.807, 2.05) is 6.92 Å². The third kappa shape index (κ3) is 2.66. The molecule has 0 aromatic carbocycles. The Hall–Kier alpha value is 0.0900. The summed E-state index contributed by atoms with van der Waals surface area (Å²) < 4.78 is 28.6. The number of rotatable bonds is 5. The number of thiophene rings is 1. The quantitative estimate of drug-likeness (QED) is 0.886. The summed E-state index contributed by atoms with van der Waals surface area (Å²) in [5.74, 6) is 1.16. The van der Waals surface area contributed by atoms with Gasteiger partial charge in [0, 0.05) is 10.9 Å². The second-order valence-electron chi connectivity index (χ2n) is 5.29. The van der Waals surface area contributed by atoms with Crippen molar-refractivity contribution >= 4 is 37.3 Å². The molecule has 1 heterocycles. The monoisotopic (exact) mass is 349 g/mol. The lowest BCUT2D eigenvalue weighted by atomic mass is 10.1. The molecular weight excluding hydrogens is 334 g/mol. The molecule has 0 atom stereocenters. The number of hydrogen-bond donors (Lipinski definition) is 1. The van der Waals surface area contributed by atoms with Crippen LogP contribution in [0.25, 0.3) is 0 Å². The highest BCUT2D eigenvalue weighted by molar-refractivity contribution is 9.11. The molecule has 2 fully saturated rings. The van der Waals surface area contributed by atoms with Gasteiger partial charge in [0.25, 0.3) is 0 Å². The van der Waals surface area contributed by atoms with E-state index in [-0.39, 0.29) is 6.04 Å². The molecule has 2 aliphatic rings. The zero-order chi connectivity index (χ0) is 12.9. The maximum Gasteiger partial charge on any atom is 0.241 e. The minimum atomic E-state index is -3.35. The molecule has 0 radical (unpaired) electrons. The van der Waals surface area contributed by atoms with E-state index in [0.717, 1.165) is 8.66 Å². The van der Waals surface area contributed by atoms with Gasteiger partial charge in [-0.15, -0.1) is 11.3 Å². The average molecular weight is 350 g/mol. The van der Waals surface area contributed by atoms with Gasteiger partial charge in [-0.05, 0) is 66.4 Å². The Morgan fingerprint density at radius 3 is 2.28 bits per heavy atom. The van der Waals surface area contributed by atoms with E-state index < -0.39 is 10.0 Å². The van der Waals surface area contributed by atoms with Crippen molar-refractivity contribution in [1.29, 1.82) is 0 Å². The average Bonchev–Trinajstić information content (AvgIpc) is 3.14. The lowest BCUT2D eigenvalue weighted by molar-refractivity contribution is 0.471. The van der Waals surface area contributed by atoms with Crippen molar-refractivity contribution in [3.63, 3.8) is 0 Å². The summed E-state index contributed by atoms with van der Waals surface area (Å²) >= 11 is 4.82.